The van der Waals surface area contributed by atoms with Crippen molar-refractivity contribution in [3.8, 4) is 5.75 Å². The summed E-state index contributed by atoms with van der Waals surface area (Å²) in [5.41, 5.74) is 1.97. The minimum Gasteiger partial charge on any atom is -0.497 e. The average molecular weight is 422 g/mol. The summed E-state index contributed by atoms with van der Waals surface area (Å²) in [6.45, 7) is 3.19. The number of hydrogen-bond acceptors (Lipinski definition) is 3. The zero-order chi connectivity index (χ0) is 16.2. The molecule has 2 aromatic rings. The first-order valence-corrected chi connectivity index (χ1v) is 8.70. The van der Waals surface area contributed by atoms with Crippen LogP contribution in [0.15, 0.2) is 48.5 Å². The molecule has 0 radical (unpaired) electrons. The van der Waals surface area contributed by atoms with Crippen LogP contribution in [0.25, 0.3) is 0 Å². The van der Waals surface area contributed by atoms with E-state index in [2.05, 4.69) is 39.6 Å². The second-order valence-corrected chi connectivity index (χ2v) is 6.62. The minimum atomic E-state index is 0.129. The molecule has 4 nitrogen and oxygen atoms in total. The van der Waals surface area contributed by atoms with E-state index in [1.165, 1.54) is 5.69 Å². The van der Waals surface area contributed by atoms with Crippen molar-refractivity contribution in [3.05, 3.63) is 57.7 Å². The van der Waals surface area contributed by atoms with Gasteiger partial charge in [0.05, 0.1) is 12.7 Å². The Kier molecular flexibility index (Phi) is 5.05. The van der Waals surface area contributed by atoms with Crippen molar-refractivity contribution in [2.24, 2.45) is 0 Å². The highest BCUT2D eigenvalue weighted by Crippen LogP contribution is 2.21. The topological polar surface area (TPSA) is 32.8 Å². The monoisotopic (exact) mass is 422 g/mol. The number of nitrogens with zero attached hydrogens (tertiary/aromatic N) is 2. The van der Waals surface area contributed by atoms with Gasteiger partial charge in [0, 0.05) is 35.4 Å². The molecule has 0 aromatic heterocycles. The van der Waals surface area contributed by atoms with Crippen LogP contribution >= 0.6 is 22.6 Å². The minimum absolute atomic E-state index is 0.129. The van der Waals surface area contributed by atoms with Crippen LogP contribution in [-0.2, 0) is 0 Å². The normalized spacial score (nSPS) is 14.7. The Morgan fingerprint density at radius 3 is 2.26 bits per heavy atom. The Morgan fingerprint density at radius 1 is 1.00 bits per heavy atom. The largest absolute Gasteiger partial charge is 0.497 e. The summed E-state index contributed by atoms with van der Waals surface area (Å²) in [5.74, 6) is 0.991. The van der Waals surface area contributed by atoms with Gasteiger partial charge in [-0.2, -0.15) is 0 Å². The maximum atomic E-state index is 12.6. The van der Waals surface area contributed by atoms with Gasteiger partial charge in [0.15, 0.2) is 0 Å². The van der Waals surface area contributed by atoms with Crippen LogP contribution in [0.4, 0.5) is 5.69 Å². The highest BCUT2D eigenvalue weighted by Gasteiger charge is 2.23. The van der Waals surface area contributed by atoms with Crippen LogP contribution in [0.2, 0.25) is 0 Å². The van der Waals surface area contributed by atoms with Crippen molar-refractivity contribution in [1.82, 2.24) is 4.90 Å². The smallest absolute Gasteiger partial charge is 0.255 e. The third-order valence-electron chi connectivity index (χ3n) is 4.11. The number of methoxy groups -OCH3 is 1. The van der Waals surface area contributed by atoms with Crippen LogP contribution in [-0.4, -0.2) is 44.1 Å². The van der Waals surface area contributed by atoms with Crippen LogP contribution in [0, 0.1) is 3.57 Å². The SMILES string of the molecule is COc1ccc(N2CCN(C(=O)c3ccccc3I)CC2)cc1. The van der Waals surface area contributed by atoms with Crippen LogP contribution in [0.5, 0.6) is 5.75 Å². The molecular formula is C18H19IN2O2. The van der Waals surface area contributed by atoms with E-state index in [9.17, 15) is 4.79 Å². The summed E-state index contributed by atoms with van der Waals surface area (Å²) in [4.78, 5) is 16.9. The molecule has 0 aliphatic carbocycles. The second kappa shape index (κ2) is 7.21. The van der Waals surface area contributed by atoms with E-state index in [4.69, 9.17) is 4.74 Å². The lowest BCUT2D eigenvalue weighted by Crippen LogP contribution is -2.48. The predicted octanol–water partition coefficient (Wildman–Crippen LogP) is 3.26. The number of carbonyl (C=O) groups is 1. The number of carbonyl (C=O) groups excluding carboxylic acids is 1. The van der Waals surface area contributed by atoms with Crippen molar-refractivity contribution in [2.45, 2.75) is 0 Å². The molecule has 0 N–H and O–H groups in total. The molecule has 0 unspecified atom stereocenters. The van der Waals surface area contributed by atoms with Crippen LogP contribution in [0.3, 0.4) is 0 Å². The van der Waals surface area contributed by atoms with E-state index in [-0.39, 0.29) is 5.91 Å². The lowest BCUT2D eigenvalue weighted by atomic mass is 10.1. The van der Waals surface area contributed by atoms with E-state index < -0.39 is 0 Å². The average Bonchev–Trinajstić information content (AvgIpc) is 2.62. The quantitative estimate of drug-likeness (QED) is 0.713. The molecule has 1 fully saturated rings. The zero-order valence-corrected chi connectivity index (χ0v) is 15.2. The number of hydrogen-bond donors (Lipinski definition) is 0. The van der Waals surface area contributed by atoms with E-state index in [0.717, 1.165) is 41.1 Å². The van der Waals surface area contributed by atoms with Gasteiger partial charge in [-0.15, -0.1) is 0 Å². The first-order valence-electron chi connectivity index (χ1n) is 7.62. The molecule has 0 spiro atoms. The van der Waals surface area contributed by atoms with Crippen molar-refractivity contribution in [1.29, 1.82) is 0 Å². The summed E-state index contributed by atoms with van der Waals surface area (Å²) in [5, 5.41) is 0. The number of anilines is 1. The number of piperazine rings is 1. The van der Waals surface area contributed by atoms with Gasteiger partial charge in [-0.25, -0.2) is 0 Å². The fourth-order valence-electron chi connectivity index (χ4n) is 2.77. The van der Waals surface area contributed by atoms with Crippen LogP contribution < -0.4 is 9.64 Å². The lowest BCUT2D eigenvalue weighted by molar-refractivity contribution is 0.0745. The Balaban J connectivity index is 1.64. The summed E-state index contributed by atoms with van der Waals surface area (Å²) in [6, 6.07) is 15.8. The Hall–Kier alpha value is -1.76. The molecule has 0 atom stereocenters. The van der Waals surface area contributed by atoms with E-state index in [1.807, 2.05) is 41.3 Å². The maximum Gasteiger partial charge on any atom is 0.255 e. The third kappa shape index (κ3) is 3.60. The molecule has 1 aliphatic heterocycles. The number of ether oxygens (including phenoxy) is 1. The van der Waals surface area contributed by atoms with Gasteiger partial charge >= 0.3 is 0 Å². The fraction of sp³-hybridized carbons (Fsp3) is 0.278. The molecule has 1 saturated heterocycles. The summed E-state index contributed by atoms with van der Waals surface area (Å²) >= 11 is 2.22. The second-order valence-electron chi connectivity index (χ2n) is 5.46. The number of benzene rings is 2. The molecule has 0 saturated carbocycles. The van der Waals surface area contributed by atoms with E-state index in [0.29, 0.717) is 0 Å². The highest BCUT2D eigenvalue weighted by molar-refractivity contribution is 14.1. The van der Waals surface area contributed by atoms with Crippen molar-refractivity contribution >= 4 is 34.2 Å². The van der Waals surface area contributed by atoms with Gasteiger partial charge in [-0.05, 0) is 59.0 Å². The van der Waals surface area contributed by atoms with Crippen molar-refractivity contribution < 1.29 is 9.53 Å². The fourth-order valence-corrected chi connectivity index (χ4v) is 3.38. The van der Waals surface area contributed by atoms with Gasteiger partial charge in [0.25, 0.3) is 5.91 Å². The van der Waals surface area contributed by atoms with Crippen molar-refractivity contribution in [2.75, 3.05) is 38.2 Å². The first-order chi connectivity index (χ1) is 11.2. The Bertz CT molecular complexity index is 680. The lowest BCUT2D eigenvalue weighted by Gasteiger charge is -2.36. The molecule has 2 aromatic carbocycles. The van der Waals surface area contributed by atoms with Gasteiger partial charge in [0.1, 0.15) is 5.75 Å². The Morgan fingerprint density at radius 2 is 1.65 bits per heavy atom. The molecule has 3 rings (SSSR count). The molecule has 1 heterocycles. The van der Waals surface area contributed by atoms with E-state index in [1.54, 1.807) is 7.11 Å². The highest BCUT2D eigenvalue weighted by atomic mass is 127. The standard InChI is InChI=1S/C18H19IN2O2/c1-23-15-8-6-14(7-9-15)20-10-12-21(13-11-20)18(22)16-4-2-3-5-17(16)19/h2-9H,10-13H2,1H3. The molecule has 1 amide bonds. The molecule has 120 valence electrons. The first kappa shape index (κ1) is 16.1. The zero-order valence-electron chi connectivity index (χ0n) is 13.0. The van der Waals surface area contributed by atoms with Crippen molar-refractivity contribution in [3.63, 3.8) is 0 Å². The summed E-state index contributed by atoms with van der Waals surface area (Å²) < 4.78 is 6.20. The number of halogens is 1. The van der Waals surface area contributed by atoms with Gasteiger partial charge in [-0.3, -0.25) is 4.79 Å². The summed E-state index contributed by atoms with van der Waals surface area (Å²) in [6.07, 6.45) is 0. The number of rotatable bonds is 3. The maximum absolute atomic E-state index is 12.6. The van der Waals surface area contributed by atoms with Gasteiger partial charge in [-0.1, -0.05) is 12.1 Å². The molecular weight excluding hydrogens is 403 g/mol. The molecule has 23 heavy (non-hydrogen) atoms. The molecule has 0 bridgehead atoms. The molecule has 5 heteroatoms. The number of amides is 1. The summed E-state index contributed by atoms with van der Waals surface area (Å²) in [7, 11) is 1.67. The molecule has 1 aliphatic rings. The Labute approximate surface area is 150 Å². The predicted molar refractivity (Wildman–Crippen MR) is 100 cm³/mol. The van der Waals surface area contributed by atoms with E-state index >= 15 is 0 Å². The third-order valence-corrected chi connectivity index (χ3v) is 5.05. The van der Waals surface area contributed by atoms with Gasteiger partial charge < -0.3 is 14.5 Å². The van der Waals surface area contributed by atoms with Crippen LogP contribution in [0.1, 0.15) is 10.4 Å². The van der Waals surface area contributed by atoms with Gasteiger partial charge in [0.2, 0.25) is 0 Å².